The van der Waals surface area contributed by atoms with Crippen LogP contribution in [0.25, 0.3) is 0 Å². The Bertz CT molecular complexity index is 478. The minimum absolute atomic E-state index is 0.179. The van der Waals surface area contributed by atoms with Gasteiger partial charge in [0.1, 0.15) is 6.04 Å². The Balaban J connectivity index is 2.68. The highest BCUT2D eigenvalue weighted by Gasteiger charge is 2.17. The Morgan fingerprint density at radius 3 is 2.63 bits per heavy atom. The fourth-order valence-electron chi connectivity index (χ4n) is 1.41. The van der Waals surface area contributed by atoms with E-state index in [1.165, 1.54) is 0 Å². The molecule has 0 fully saturated rings. The molecule has 1 atom stereocenters. The van der Waals surface area contributed by atoms with Gasteiger partial charge in [-0.15, -0.1) is 0 Å². The van der Waals surface area contributed by atoms with Crippen LogP contribution in [0.5, 0.6) is 0 Å². The molecule has 0 aromatic heterocycles. The zero-order valence-corrected chi connectivity index (χ0v) is 14.0. The van der Waals surface area contributed by atoms with E-state index >= 15 is 0 Å². The summed E-state index contributed by atoms with van der Waals surface area (Å²) in [4.78, 5) is 23.7. The molecule has 0 aliphatic rings. The van der Waals surface area contributed by atoms with E-state index in [0.29, 0.717) is 16.6 Å². The fraction of sp³-hybridized carbons (Fsp3) is 0.385. The quantitative estimate of drug-likeness (QED) is 0.810. The van der Waals surface area contributed by atoms with Crippen molar-refractivity contribution in [3.8, 4) is 0 Å². The molecule has 1 rings (SSSR count). The lowest BCUT2D eigenvalue weighted by Gasteiger charge is -2.14. The molecule has 1 unspecified atom stereocenters. The SMILES string of the molecule is CCCNC(=O)C(C)NC(=O)c1cc(Br)ccc1Br. The van der Waals surface area contributed by atoms with Crippen molar-refractivity contribution in [2.45, 2.75) is 26.3 Å². The first kappa shape index (κ1) is 16.2. The number of hydrogen-bond acceptors (Lipinski definition) is 2. The molecule has 2 N–H and O–H groups in total. The average Bonchev–Trinajstić information content (AvgIpc) is 2.38. The van der Waals surface area contributed by atoms with Gasteiger partial charge in [0, 0.05) is 15.5 Å². The smallest absolute Gasteiger partial charge is 0.253 e. The van der Waals surface area contributed by atoms with Crippen LogP contribution in [0.2, 0.25) is 0 Å². The van der Waals surface area contributed by atoms with Gasteiger partial charge >= 0.3 is 0 Å². The molecule has 0 spiro atoms. The number of benzene rings is 1. The molecule has 6 heteroatoms. The van der Waals surface area contributed by atoms with Crippen LogP contribution in [0.3, 0.4) is 0 Å². The largest absolute Gasteiger partial charge is 0.354 e. The van der Waals surface area contributed by atoms with Crippen molar-refractivity contribution in [3.63, 3.8) is 0 Å². The second kappa shape index (κ2) is 7.65. The first-order chi connectivity index (χ1) is 8.95. The third-order valence-electron chi connectivity index (χ3n) is 2.46. The van der Waals surface area contributed by atoms with Gasteiger partial charge in [0.2, 0.25) is 5.91 Å². The van der Waals surface area contributed by atoms with Crippen LogP contribution in [0.4, 0.5) is 0 Å². The highest BCUT2D eigenvalue weighted by atomic mass is 79.9. The zero-order chi connectivity index (χ0) is 14.4. The summed E-state index contributed by atoms with van der Waals surface area (Å²) in [5, 5.41) is 5.41. The molecule has 0 saturated carbocycles. The third kappa shape index (κ3) is 4.95. The summed E-state index contributed by atoms with van der Waals surface area (Å²) in [6, 6.07) is 4.75. The standard InChI is InChI=1S/C13H16Br2N2O2/c1-3-6-16-12(18)8(2)17-13(19)10-7-9(14)4-5-11(10)15/h4-5,7-8H,3,6H2,1-2H3,(H,16,18)(H,17,19). The molecule has 0 heterocycles. The molecule has 0 radical (unpaired) electrons. The summed E-state index contributed by atoms with van der Waals surface area (Å²) in [6.45, 7) is 4.25. The number of rotatable bonds is 5. The van der Waals surface area contributed by atoms with Crippen molar-refractivity contribution in [3.05, 3.63) is 32.7 Å². The molecular weight excluding hydrogens is 376 g/mol. The van der Waals surface area contributed by atoms with Gasteiger partial charge in [0.25, 0.3) is 5.91 Å². The molecule has 4 nitrogen and oxygen atoms in total. The van der Waals surface area contributed by atoms with Gasteiger partial charge in [0.15, 0.2) is 0 Å². The number of carbonyl (C=O) groups excluding carboxylic acids is 2. The predicted molar refractivity (Wildman–Crippen MR) is 82.1 cm³/mol. The van der Waals surface area contributed by atoms with Gasteiger partial charge in [-0.3, -0.25) is 9.59 Å². The molecule has 1 aromatic carbocycles. The Hall–Kier alpha value is -0.880. The molecule has 0 aliphatic carbocycles. The molecule has 1 aromatic rings. The predicted octanol–water partition coefficient (Wildman–Crippen LogP) is 2.86. The Morgan fingerprint density at radius 1 is 1.32 bits per heavy atom. The van der Waals surface area contributed by atoms with E-state index in [9.17, 15) is 9.59 Å². The van der Waals surface area contributed by atoms with E-state index in [4.69, 9.17) is 0 Å². The number of halogens is 2. The van der Waals surface area contributed by atoms with Crippen molar-refractivity contribution >= 4 is 43.7 Å². The van der Waals surface area contributed by atoms with Gasteiger partial charge < -0.3 is 10.6 Å². The molecule has 104 valence electrons. The van der Waals surface area contributed by atoms with Crippen LogP contribution in [-0.4, -0.2) is 24.4 Å². The van der Waals surface area contributed by atoms with Crippen molar-refractivity contribution in [1.29, 1.82) is 0 Å². The molecule has 2 amide bonds. The monoisotopic (exact) mass is 390 g/mol. The van der Waals surface area contributed by atoms with Crippen LogP contribution in [0, 0.1) is 0 Å². The van der Waals surface area contributed by atoms with Gasteiger partial charge in [-0.1, -0.05) is 22.9 Å². The molecule has 0 saturated heterocycles. The highest BCUT2D eigenvalue weighted by Crippen LogP contribution is 2.21. The molecular formula is C13H16Br2N2O2. The zero-order valence-electron chi connectivity index (χ0n) is 10.8. The van der Waals surface area contributed by atoms with Crippen molar-refractivity contribution < 1.29 is 9.59 Å². The maximum atomic E-state index is 12.1. The Morgan fingerprint density at radius 2 is 2.00 bits per heavy atom. The maximum Gasteiger partial charge on any atom is 0.253 e. The van der Waals surface area contributed by atoms with E-state index in [0.717, 1.165) is 10.9 Å². The number of amides is 2. The van der Waals surface area contributed by atoms with Crippen LogP contribution in [0.1, 0.15) is 30.6 Å². The summed E-state index contributed by atoms with van der Waals surface area (Å²) in [6.07, 6.45) is 0.865. The van der Waals surface area contributed by atoms with Crippen LogP contribution in [-0.2, 0) is 4.79 Å². The van der Waals surface area contributed by atoms with E-state index in [1.807, 2.05) is 13.0 Å². The van der Waals surface area contributed by atoms with Crippen molar-refractivity contribution in [2.24, 2.45) is 0 Å². The topological polar surface area (TPSA) is 58.2 Å². The summed E-state index contributed by atoms with van der Waals surface area (Å²) in [5.74, 6) is -0.464. The minimum atomic E-state index is -0.565. The van der Waals surface area contributed by atoms with Gasteiger partial charge in [-0.25, -0.2) is 0 Å². The molecule has 0 aliphatic heterocycles. The van der Waals surface area contributed by atoms with Gasteiger partial charge in [0.05, 0.1) is 5.56 Å². The summed E-state index contributed by atoms with van der Waals surface area (Å²) in [5.41, 5.74) is 0.490. The summed E-state index contributed by atoms with van der Waals surface area (Å²) < 4.78 is 1.50. The molecule has 19 heavy (non-hydrogen) atoms. The number of nitrogens with one attached hydrogen (secondary N) is 2. The first-order valence-electron chi connectivity index (χ1n) is 5.99. The normalized spacial score (nSPS) is 11.8. The second-order valence-corrected chi connectivity index (χ2v) is 5.88. The van der Waals surface area contributed by atoms with E-state index in [2.05, 4.69) is 42.5 Å². The minimum Gasteiger partial charge on any atom is -0.354 e. The Kier molecular flexibility index (Phi) is 6.51. The fourth-order valence-corrected chi connectivity index (χ4v) is 2.20. The summed E-state index contributed by atoms with van der Waals surface area (Å²) >= 11 is 6.63. The number of hydrogen-bond donors (Lipinski definition) is 2. The Labute approximate surface area is 129 Å². The van der Waals surface area contributed by atoms with Crippen LogP contribution < -0.4 is 10.6 Å². The maximum absolute atomic E-state index is 12.1. The number of carbonyl (C=O) groups is 2. The van der Waals surface area contributed by atoms with Crippen LogP contribution >= 0.6 is 31.9 Å². The van der Waals surface area contributed by atoms with Crippen molar-refractivity contribution in [2.75, 3.05) is 6.54 Å². The van der Waals surface area contributed by atoms with Gasteiger partial charge in [-0.2, -0.15) is 0 Å². The summed E-state index contributed by atoms with van der Waals surface area (Å²) in [7, 11) is 0. The second-order valence-electron chi connectivity index (χ2n) is 4.11. The average molecular weight is 392 g/mol. The highest BCUT2D eigenvalue weighted by molar-refractivity contribution is 9.11. The van der Waals surface area contributed by atoms with E-state index in [1.54, 1.807) is 19.1 Å². The van der Waals surface area contributed by atoms with E-state index in [-0.39, 0.29) is 11.8 Å². The van der Waals surface area contributed by atoms with E-state index < -0.39 is 6.04 Å². The molecule has 0 bridgehead atoms. The lowest BCUT2D eigenvalue weighted by Crippen LogP contribution is -2.45. The first-order valence-corrected chi connectivity index (χ1v) is 7.58. The van der Waals surface area contributed by atoms with Crippen molar-refractivity contribution in [1.82, 2.24) is 10.6 Å². The van der Waals surface area contributed by atoms with Gasteiger partial charge in [-0.05, 0) is 47.5 Å². The third-order valence-corrected chi connectivity index (χ3v) is 3.65. The lowest BCUT2D eigenvalue weighted by molar-refractivity contribution is -0.122. The lowest BCUT2D eigenvalue weighted by atomic mass is 10.2. The van der Waals surface area contributed by atoms with Crippen LogP contribution in [0.15, 0.2) is 27.1 Å².